The van der Waals surface area contributed by atoms with E-state index < -0.39 is 5.60 Å². The van der Waals surface area contributed by atoms with Gasteiger partial charge < -0.3 is 14.8 Å². The van der Waals surface area contributed by atoms with Crippen LogP contribution in [0.25, 0.3) is 0 Å². The van der Waals surface area contributed by atoms with E-state index in [-0.39, 0.29) is 6.09 Å². The zero-order valence-corrected chi connectivity index (χ0v) is 14.1. The SMILES string of the molecule is CC(C)(C)OC(=O)NCCCCCCOCc1ccccc1. The van der Waals surface area contributed by atoms with E-state index >= 15 is 0 Å². The van der Waals surface area contributed by atoms with Crippen molar-refractivity contribution < 1.29 is 14.3 Å². The molecule has 0 aliphatic rings. The van der Waals surface area contributed by atoms with Gasteiger partial charge >= 0.3 is 6.09 Å². The molecule has 0 saturated heterocycles. The third-order valence-electron chi connectivity index (χ3n) is 3.00. The number of nitrogens with one attached hydrogen (secondary N) is 1. The molecule has 0 aliphatic carbocycles. The molecule has 1 aromatic rings. The Morgan fingerprint density at radius 3 is 2.41 bits per heavy atom. The van der Waals surface area contributed by atoms with Gasteiger partial charge in [0.05, 0.1) is 6.61 Å². The van der Waals surface area contributed by atoms with Gasteiger partial charge in [-0.1, -0.05) is 43.2 Å². The molecule has 22 heavy (non-hydrogen) atoms. The van der Waals surface area contributed by atoms with Gasteiger partial charge in [-0.05, 0) is 39.2 Å². The second-order valence-corrected chi connectivity index (χ2v) is 6.38. The summed E-state index contributed by atoms with van der Waals surface area (Å²) in [5, 5.41) is 2.77. The molecule has 0 radical (unpaired) electrons. The second-order valence-electron chi connectivity index (χ2n) is 6.38. The first-order valence-electron chi connectivity index (χ1n) is 8.06. The highest BCUT2D eigenvalue weighted by atomic mass is 16.6. The third kappa shape index (κ3) is 10.2. The second kappa shape index (κ2) is 10.2. The summed E-state index contributed by atoms with van der Waals surface area (Å²) in [7, 11) is 0. The maximum atomic E-state index is 11.4. The molecule has 1 amide bonds. The Labute approximate surface area is 134 Å². The fourth-order valence-corrected chi connectivity index (χ4v) is 1.95. The number of hydrogen-bond donors (Lipinski definition) is 1. The first kappa shape index (κ1) is 18.5. The molecule has 0 atom stereocenters. The van der Waals surface area contributed by atoms with E-state index in [1.807, 2.05) is 39.0 Å². The Morgan fingerprint density at radius 2 is 1.73 bits per heavy atom. The molecule has 0 aliphatic heterocycles. The van der Waals surface area contributed by atoms with E-state index in [0.29, 0.717) is 13.2 Å². The van der Waals surface area contributed by atoms with Crippen LogP contribution in [-0.2, 0) is 16.1 Å². The number of alkyl carbamates (subject to hydrolysis) is 1. The molecule has 1 N–H and O–H groups in total. The van der Waals surface area contributed by atoms with Crippen LogP contribution in [0.2, 0.25) is 0 Å². The smallest absolute Gasteiger partial charge is 0.407 e. The van der Waals surface area contributed by atoms with Crippen LogP contribution in [0.3, 0.4) is 0 Å². The average molecular weight is 307 g/mol. The van der Waals surface area contributed by atoms with Crippen LogP contribution in [0.4, 0.5) is 4.79 Å². The van der Waals surface area contributed by atoms with Gasteiger partial charge in [-0.25, -0.2) is 4.79 Å². The van der Waals surface area contributed by atoms with Gasteiger partial charge in [-0.15, -0.1) is 0 Å². The summed E-state index contributed by atoms with van der Waals surface area (Å²) < 4.78 is 10.8. The summed E-state index contributed by atoms with van der Waals surface area (Å²) in [6, 6.07) is 10.2. The van der Waals surface area contributed by atoms with Crippen LogP contribution in [0.5, 0.6) is 0 Å². The van der Waals surface area contributed by atoms with E-state index in [1.54, 1.807) is 0 Å². The summed E-state index contributed by atoms with van der Waals surface area (Å²) in [4.78, 5) is 11.4. The molecule has 4 nitrogen and oxygen atoms in total. The van der Waals surface area contributed by atoms with E-state index in [0.717, 1.165) is 32.3 Å². The standard InChI is InChI=1S/C18H29NO3/c1-18(2,3)22-17(20)19-13-9-4-5-10-14-21-15-16-11-7-6-8-12-16/h6-8,11-12H,4-5,9-10,13-15H2,1-3H3,(H,19,20). The summed E-state index contributed by atoms with van der Waals surface area (Å²) in [6.45, 7) is 7.72. The highest BCUT2D eigenvalue weighted by molar-refractivity contribution is 5.67. The van der Waals surface area contributed by atoms with Gasteiger partial charge in [0.15, 0.2) is 0 Å². The minimum Gasteiger partial charge on any atom is -0.444 e. The summed E-state index contributed by atoms with van der Waals surface area (Å²) in [5.41, 5.74) is 0.782. The van der Waals surface area contributed by atoms with Gasteiger partial charge in [0.2, 0.25) is 0 Å². The summed E-state index contributed by atoms with van der Waals surface area (Å²) in [6.07, 6.45) is 3.89. The van der Waals surface area contributed by atoms with Gasteiger partial charge in [-0.2, -0.15) is 0 Å². The number of ether oxygens (including phenoxy) is 2. The molecular weight excluding hydrogens is 278 g/mol. The van der Waals surface area contributed by atoms with Crippen LogP contribution in [0.1, 0.15) is 52.0 Å². The van der Waals surface area contributed by atoms with Crippen LogP contribution in [-0.4, -0.2) is 24.8 Å². The minimum absolute atomic E-state index is 0.335. The van der Waals surface area contributed by atoms with E-state index in [2.05, 4.69) is 17.4 Å². The fourth-order valence-electron chi connectivity index (χ4n) is 1.95. The summed E-state index contributed by atoms with van der Waals surface area (Å²) in [5.74, 6) is 0. The van der Waals surface area contributed by atoms with Crippen molar-refractivity contribution in [2.75, 3.05) is 13.2 Å². The van der Waals surface area contributed by atoms with Crippen LogP contribution in [0.15, 0.2) is 30.3 Å². The zero-order chi connectivity index (χ0) is 16.3. The number of unbranched alkanes of at least 4 members (excludes halogenated alkanes) is 3. The predicted octanol–water partition coefficient (Wildman–Crippen LogP) is 4.29. The molecule has 124 valence electrons. The van der Waals surface area contributed by atoms with Gasteiger partial charge in [0.25, 0.3) is 0 Å². The zero-order valence-electron chi connectivity index (χ0n) is 14.1. The average Bonchev–Trinajstić information content (AvgIpc) is 2.44. The molecule has 0 unspecified atom stereocenters. The maximum absolute atomic E-state index is 11.4. The molecule has 0 heterocycles. The van der Waals surface area contributed by atoms with E-state index in [9.17, 15) is 4.79 Å². The number of carbonyl (C=O) groups excluding carboxylic acids is 1. The minimum atomic E-state index is -0.430. The Bertz CT molecular complexity index is 412. The van der Waals surface area contributed by atoms with Crippen LogP contribution in [0, 0.1) is 0 Å². The lowest BCUT2D eigenvalue weighted by Gasteiger charge is -2.19. The predicted molar refractivity (Wildman–Crippen MR) is 88.8 cm³/mol. The molecule has 0 spiro atoms. The van der Waals surface area contributed by atoms with Gasteiger partial charge in [0.1, 0.15) is 5.60 Å². The largest absolute Gasteiger partial charge is 0.444 e. The molecule has 0 aromatic heterocycles. The van der Waals surface area contributed by atoms with Crippen molar-refractivity contribution in [3.63, 3.8) is 0 Å². The Hall–Kier alpha value is -1.55. The highest BCUT2D eigenvalue weighted by Crippen LogP contribution is 2.07. The quantitative estimate of drug-likeness (QED) is 0.692. The first-order valence-corrected chi connectivity index (χ1v) is 8.06. The monoisotopic (exact) mass is 307 g/mol. The normalized spacial score (nSPS) is 11.2. The van der Waals surface area contributed by atoms with Crippen molar-refractivity contribution in [3.8, 4) is 0 Å². The van der Waals surface area contributed by atoms with E-state index in [4.69, 9.17) is 9.47 Å². The number of benzene rings is 1. The lowest BCUT2D eigenvalue weighted by Crippen LogP contribution is -2.32. The number of hydrogen-bond acceptors (Lipinski definition) is 3. The lowest BCUT2D eigenvalue weighted by molar-refractivity contribution is 0.0526. The fraction of sp³-hybridized carbons (Fsp3) is 0.611. The summed E-state index contributed by atoms with van der Waals surface area (Å²) >= 11 is 0. The number of amides is 1. The topological polar surface area (TPSA) is 47.6 Å². The Balaban J connectivity index is 1.89. The molecular formula is C18H29NO3. The van der Waals surface area contributed by atoms with Crippen molar-refractivity contribution in [3.05, 3.63) is 35.9 Å². The molecule has 0 saturated carbocycles. The van der Waals surface area contributed by atoms with E-state index in [1.165, 1.54) is 5.56 Å². The molecule has 1 aromatic carbocycles. The number of rotatable bonds is 9. The van der Waals surface area contributed by atoms with Crippen molar-refractivity contribution in [2.45, 2.75) is 58.7 Å². The molecule has 1 rings (SSSR count). The van der Waals surface area contributed by atoms with Crippen LogP contribution < -0.4 is 5.32 Å². The first-order chi connectivity index (χ1) is 10.5. The van der Waals surface area contributed by atoms with Gasteiger partial charge in [-0.3, -0.25) is 0 Å². The Kier molecular flexibility index (Phi) is 8.60. The maximum Gasteiger partial charge on any atom is 0.407 e. The highest BCUT2D eigenvalue weighted by Gasteiger charge is 2.15. The molecule has 0 bridgehead atoms. The Morgan fingerprint density at radius 1 is 1.05 bits per heavy atom. The van der Waals surface area contributed by atoms with Crippen molar-refractivity contribution in [1.29, 1.82) is 0 Å². The molecule has 4 heteroatoms. The van der Waals surface area contributed by atoms with Crippen molar-refractivity contribution in [1.82, 2.24) is 5.32 Å². The number of carbonyl (C=O) groups is 1. The van der Waals surface area contributed by atoms with Crippen molar-refractivity contribution >= 4 is 6.09 Å². The molecule has 0 fully saturated rings. The van der Waals surface area contributed by atoms with Crippen LogP contribution >= 0.6 is 0 Å². The third-order valence-corrected chi connectivity index (χ3v) is 3.00. The lowest BCUT2D eigenvalue weighted by atomic mass is 10.2. The van der Waals surface area contributed by atoms with Crippen molar-refractivity contribution in [2.24, 2.45) is 0 Å². The van der Waals surface area contributed by atoms with Gasteiger partial charge in [0, 0.05) is 13.2 Å².